The molecule has 0 spiro atoms. The molecule has 0 radical (unpaired) electrons. The average molecular weight is 477 g/mol. The molecule has 1 aliphatic carbocycles. The van der Waals surface area contributed by atoms with Crippen LogP contribution in [0.3, 0.4) is 0 Å². The standard InChI is InChI=1S/C33H24N4/c1-4-12-23(13-5-1)31-34-32(24-14-6-2-7-15-24)36-33(35-31)25-20-21-30-28(22-25)27-18-10-11-19-29(27)37(30)26-16-8-3-9-17-26/h1-16,18-22,26H,17H2. The van der Waals surface area contributed by atoms with E-state index in [-0.39, 0.29) is 0 Å². The molecule has 4 aromatic carbocycles. The van der Waals surface area contributed by atoms with Crippen LogP contribution in [-0.2, 0) is 0 Å². The molecule has 0 amide bonds. The second-order valence-electron chi connectivity index (χ2n) is 9.27. The summed E-state index contributed by atoms with van der Waals surface area (Å²) in [5.41, 5.74) is 5.38. The van der Waals surface area contributed by atoms with Gasteiger partial charge in [-0.25, -0.2) is 15.0 Å². The molecule has 2 aromatic heterocycles. The van der Waals surface area contributed by atoms with Crippen LogP contribution >= 0.6 is 0 Å². The highest BCUT2D eigenvalue weighted by Crippen LogP contribution is 2.36. The van der Waals surface area contributed by atoms with Gasteiger partial charge in [0.05, 0.1) is 6.04 Å². The van der Waals surface area contributed by atoms with Gasteiger partial charge >= 0.3 is 0 Å². The molecule has 2 heterocycles. The molecule has 1 unspecified atom stereocenters. The maximum Gasteiger partial charge on any atom is 0.164 e. The molecule has 0 saturated carbocycles. The molecule has 176 valence electrons. The topological polar surface area (TPSA) is 43.6 Å². The van der Waals surface area contributed by atoms with Crippen LogP contribution in [-0.4, -0.2) is 19.5 Å². The fourth-order valence-corrected chi connectivity index (χ4v) is 5.20. The molecule has 0 bridgehead atoms. The first-order chi connectivity index (χ1) is 18.3. The minimum absolute atomic E-state index is 0.296. The SMILES string of the molecule is C1=CCC(n2c3ccccc3c3cc(-c4nc(-c5ccccc5)nc(-c5ccccc5)n4)ccc32)C=C1. The van der Waals surface area contributed by atoms with Crippen LogP contribution < -0.4 is 0 Å². The molecular formula is C33H24N4. The van der Waals surface area contributed by atoms with Crippen LogP contribution in [0.15, 0.2) is 127 Å². The molecule has 7 rings (SSSR count). The van der Waals surface area contributed by atoms with Gasteiger partial charge in [-0.05, 0) is 30.7 Å². The number of aromatic nitrogens is 4. The number of hydrogen-bond acceptors (Lipinski definition) is 3. The van der Waals surface area contributed by atoms with E-state index >= 15 is 0 Å². The maximum atomic E-state index is 4.93. The van der Waals surface area contributed by atoms with Gasteiger partial charge in [0.2, 0.25) is 0 Å². The van der Waals surface area contributed by atoms with Crippen LogP contribution in [0.4, 0.5) is 0 Å². The number of fused-ring (bicyclic) bond motifs is 3. The lowest BCUT2D eigenvalue weighted by Gasteiger charge is -2.18. The third kappa shape index (κ3) is 3.83. The Morgan fingerprint density at radius 2 is 1.14 bits per heavy atom. The molecule has 0 aliphatic heterocycles. The lowest BCUT2D eigenvalue weighted by Crippen LogP contribution is -2.06. The molecule has 0 N–H and O–H groups in total. The van der Waals surface area contributed by atoms with Gasteiger partial charge in [0.1, 0.15) is 0 Å². The van der Waals surface area contributed by atoms with Crippen molar-refractivity contribution in [2.24, 2.45) is 0 Å². The number of allylic oxidation sites excluding steroid dienone is 4. The fourth-order valence-electron chi connectivity index (χ4n) is 5.20. The van der Waals surface area contributed by atoms with Crippen molar-refractivity contribution in [3.8, 4) is 34.2 Å². The Kier molecular flexibility index (Phi) is 5.21. The summed E-state index contributed by atoms with van der Waals surface area (Å²) in [4.78, 5) is 14.7. The Labute approximate surface area is 215 Å². The molecule has 37 heavy (non-hydrogen) atoms. The molecular weight excluding hydrogens is 452 g/mol. The lowest BCUT2D eigenvalue weighted by molar-refractivity contribution is 0.648. The zero-order chi connectivity index (χ0) is 24.6. The zero-order valence-corrected chi connectivity index (χ0v) is 20.2. The van der Waals surface area contributed by atoms with Gasteiger partial charge in [0, 0.05) is 38.5 Å². The molecule has 1 atom stereocenters. The second kappa shape index (κ2) is 8.99. The highest BCUT2D eigenvalue weighted by atomic mass is 15.0. The number of nitrogens with zero attached hydrogens (tertiary/aromatic N) is 4. The van der Waals surface area contributed by atoms with Crippen molar-refractivity contribution in [2.75, 3.05) is 0 Å². The van der Waals surface area contributed by atoms with Crippen molar-refractivity contribution in [2.45, 2.75) is 12.5 Å². The van der Waals surface area contributed by atoms with Gasteiger partial charge in [-0.1, -0.05) is 103 Å². The molecule has 6 aromatic rings. The summed E-state index contributed by atoms with van der Waals surface area (Å²) in [6, 6.07) is 35.7. The Hall–Kier alpha value is -4.83. The highest BCUT2D eigenvalue weighted by molar-refractivity contribution is 6.09. The van der Waals surface area contributed by atoms with E-state index in [4.69, 9.17) is 15.0 Å². The third-order valence-corrected chi connectivity index (χ3v) is 6.96. The smallest absolute Gasteiger partial charge is 0.164 e. The lowest BCUT2D eigenvalue weighted by atomic mass is 10.1. The zero-order valence-electron chi connectivity index (χ0n) is 20.2. The van der Waals surface area contributed by atoms with Gasteiger partial charge in [-0.3, -0.25) is 0 Å². The van der Waals surface area contributed by atoms with Crippen LogP contribution in [0.1, 0.15) is 12.5 Å². The van der Waals surface area contributed by atoms with E-state index in [0.29, 0.717) is 23.5 Å². The normalized spacial score (nSPS) is 15.0. The average Bonchev–Trinajstić information content (AvgIpc) is 3.32. The summed E-state index contributed by atoms with van der Waals surface area (Å²) in [5, 5.41) is 2.45. The summed E-state index contributed by atoms with van der Waals surface area (Å²) < 4.78 is 2.45. The van der Waals surface area contributed by atoms with Crippen molar-refractivity contribution in [1.29, 1.82) is 0 Å². The predicted octanol–water partition coefficient (Wildman–Crippen LogP) is 8.04. The molecule has 4 heteroatoms. The van der Waals surface area contributed by atoms with Crippen molar-refractivity contribution < 1.29 is 0 Å². The molecule has 4 nitrogen and oxygen atoms in total. The van der Waals surface area contributed by atoms with E-state index in [1.807, 2.05) is 60.7 Å². The Balaban J connectivity index is 1.44. The number of para-hydroxylation sites is 1. The summed E-state index contributed by atoms with van der Waals surface area (Å²) in [5.74, 6) is 2.02. The van der Waals surface area contributed by atoms with E-state index in [1.54, 1.807) is 0 Å². The summed E-state index contributed by atoms with van der Waals surface area (Å²) in [6.07, 6.45) is 9.77. The van der Waals surface area contributed by atoms with Crippen LogP contribution in [0.5, 0.6) is 0 Å². The molecule has 1 aliphatic rings. The van der Waals surface area contributed by atoms with Gasteiger partial charge < -0.3 is 4.57 Å². The van der Waals surface area contributed by atoms with Gasteiger partial charge in [0.15, 0.2) is 17.5 Å². The van der Waals surface area contributed by atoms with Crippen molar-refractivity contribution in [3.05, 3.63) is 127 Å². The van der Waals surface area contributed by atoms with Crippen molar-refractivity contribution in [3.63, 3.8) is 0 Å². The minimum atomic E-state index is 0.296. The molecule has 0 fully saturated rings. The minimum Gasteiger partial charge on any atom is -0.333 e. The summed E-state index contributed by atoms with van der Waals surface area (Å²) >= 11 is 0. The molecule has 0 saturated heterocycles. The summed E-state index contributed by atoms with van der Waals surface area (Å²) in [7, 11) is 0. The van der Waals surface area contributed by atoms with Crippen molar-refractivity contribution in [1.82, 2.24) is 19.5 Å². The van der Waals surface area contributed by atoms with E-state index in [1.165, 1.54) is 21.8 Å². The largest absolute Gasteiger partial charge is 0.333 e. The Bertz CT molecular complexity index is 1740. The Morgan fingerprint density at radius 3 is 1.78 bits per heavy atom. The van der Waals surface area contributed by atoms with Crippen molar-refractivity contribution >= 4 is 21.8 Å². The van der Waals surface area contributed by atoms with E-state index in [9.17, 15) is 0 Å². The number of benzene rings is 4. The second-order valence-corrected chi connectivity index (χ2v) is 9.27. The highest BCUT2D eigenvalue weighted by Gasteiger charge is 2.18. The van der Waals surface area contributed by atoms with Gasteiger partial charge in [0.25, 0.3) is 0 Å². The third-order valence-electron chi connectivity index (χ3n) is 6.96. The monoisotopic (exact) mass is 476 g/mol. The summed E-state index contributed by atoms with van der Waals surface area (Å²) in [6.45, 7) is 0. The first-order valence-electron chi connectivity index (χ1n) is 12.6. The number of hydrogen-bond donors (Lipinski definition) is 0. The first kappa shape index (κ1) is 21.5. The fraction of sp³-hybridized carbons (Fsp3) is 0.0606. The van der Waals surface area contributed by atoms with Crippen LogP contribution in [0, 0.1) is 0 Å². The van der Waals surface area contributed by atoms with E-state index < -0.39 is 0 Å². The van der Waals surface area contributed by atoms with Gasteiger partial charge in [-0.2, -0.15) is 0 Å². The maximum absolute atomic E-state index is 4.93. The van der Waals surface area contributed by atoms with E-state index in [0.717, 1.165) is 23.1 Å². The number of rotatable bonds is 4. The first-order valence-corrected chi connectivity index (χ1v) is 12.6. The Morgan fingerprint density at radius 1 is 0.541 bits per heavy atom. The van der Waals surface area contributed by atoms with E-state index in [2.05, 4.69) is 71.3 Å². The van der Waals surface area contributed by atoms with Crippen LogP contribution in [0.25, 0.3) is 56.0 Å². The predicted molar refractivity (Wildman–Crippen MR) is 151 cm³/mol. The van der Waals surface area contributed by atoms with Crippen LogP contribution in [0.2, 0.25) is 0 Å². The quantitative estimate of drug-likeness (QED) is 0.259. The van der Waals surface area contributed by atoms with Gasteiger partial charge in [-0.15, -0.1) is 0 Å².